The second kappa shape index (κ2) is 4.28. The van der Waals surface area contributed by atoms with Gasteiger partial charge in [-0.2, -0.15) is 8.42 Å². The molecule has 5 nitrogen and oxygen atoms in total. The van der Waals surface area contributed by atoms with Gasteiger partial charge in [0.2, 0.25) is 10.3 Å². The molecule has 0 fully saturated rings. The Kier molecular flexibility index (Phi) is 2.82. The van der Waals surface area contributed by atoms with E-state index in [0.717, 1.165) is 11.1 Å². The monoisotopic (exact) mass is 235 g/mol. The van der Waals surface area contributed by atoms with Crippen LogP contribution in [0.3, 0.4) is 0 Å². The smallest absolute Gasteiger partial charge is 0.221 e. The third-order valence-electron chi connectivity index (χ3n) is 2.25. The van der Waals surface area contributed by atoms with Crippen LogP contribution in [0.1, 0.15) is 12.0 Å². The molecule has 0 aromatic carbocycles. The predicted molar refractivity (Wildman–Crippen MR) is 62.4 cm³/mol. The lowest BCUT2D eigenvalue weighted by molar-refractivity contribution is 0.627. The Morgan fingerprint density at radius 2 is 1.94 bits per heavy atom. The molecule has 0 amide bonds. The van der Waals surface area contributed by atoms with Crippen LogP contribution in [0.5, 0.6) is 0 Å². The number of pyridine rings is 1. The van der Waals surface area contributed by atoms with Crippen LogP contribution in [0.4, 0.5) is 0 Å². The van der Waals surface area contributed by atoms with E-state index in [-0.39, 0.29) is 17.1 Å². The van der Waals surface area contributed by atoms with E-state index in [1.807, 2.05) is 0 Å². The fraction of sp³-hybridized carbons (Fsp3) is 0.100. The summed E-state index contributed by atoms with van der Waals surface area (Å²) in [4.78, 5) is 7.90. The number of hydrogen-bond acceptors (Lipinski definition) is 5. The molecule has 1 aromatic rings. The molecule has 1 aliphatic rings. The van der Waals surface area contributed by atoms with Crippen molar-refractivity contribution in [2.75, 3.05) is 0 Å². The number of nitrogens with zero attached hydrogens (tertiary/aromatic N) is 2. The molecule has 0 unspecified atom stereocenters. The summed E-state index contributed by atoms with van der Waals surface area (Å²) in [5.41, 5.74) is 7.20. The normalized spacial score (nSPS) is 15.4. The first-order valence-corrected chi connectivity index (χ1v) is 5.64. The maximum Gasteiger partial charge on any atom is 0.221 e. The van der Waals surface area contributed by atoms with Crippen molar-refractivity contribution in [1.29, 1.82) is 0 Å². The Balaban J connectivity index is 2.46. The van der Waals surface area contributed by atoms with Gasteiger partial charge in [0.1, 0.15) is 10.7 Å². The molecule has 16 heavy (non-hydrogen) atoms. The van der Waals surface area contributed by atoms with Crippen molar-refractivity contribution in [3.63, 3.8) is 0 Å². The summed E-state index contributed by atoms with van der Waals surface area (Å²) in [7, 11) is -2.32. The van der Waals surface area contributed by atoms with Gasteiger partial charge in [0.05, 0.1) is 0 Å². The fourth-order valence-corrected chi connectivity index (χ4v) is 1.91. The molecule has 0 atom stereocenters. The van der Waals surface area contributed by atoms with E-state index in [0.29, 0.717) is 0 Å². The molecule has 82 valence electrons. The number of aliphatic imine (C=N–C) groups is 1. The van der Waals surface area contributed by atoms with E-state index >= 15 is 0 Å². The molecule has 0 radical (unpaired) electrons. The second-order valence-corrected chi connectivity index (χ2v) is 4.20. The molecule has 0 spiro atoms. The van der Waals surface area contributed by atoms with Crippen LogP contribution in [0, 0.1) is 0 Å². The molecule has 0 aliphatic carbocycles. The molecule has 1 aromatic heterocycles. The van der Waals surface area contributed by atoms with E-state index in [1.165, 1.54) is 0 Å². The van der Waals surface area contributed by atoms with Gasteiger partial charge in [0, 0.05) is 25.0 Å². The minimum atomic E-state index is -2.32. The van der Waals surface area contributed by atoms with Crippen LogP contribution >= 0.6 is 0 Å². The number of amidine groups is 1. The van der Waals surface area contributed by atoms with E-state index in [1.54, 1.807) is 30.7 Å². The van der Waals surface area contributed by atoms with Gasteiger partial charge in [0.15, 0.2) is 0 Å². The summed E-state index contributed by atoms with van der Waals surface area (Å²) >= 11 is 0. The number of rotatable bonds is 1. The number of allylic oxidation sites excluding steroid dienone is 1. The molecule has 2 rings (SSSR count). The lowest BCUT2D eigenvalue weighted by Crippen LogP contribution is -2.26. The Morgan fingerprint density at radius 1 is 1.25 bits per heavy atom. The molecule has 0 bridgehead atoms. The average molecular weight is 235 g/mol. The summed E-state index contributed by atoms with van der Waals surface area (Å²) in [6.45, 7) is 0. The molecule has 0 saturated heterocycles. The van der Waals surface area contributed by atoms with Crippen LogP contribution < -0.4 is 5.73 Å². The number of nitrogens with two attached hydrogens (primary N) is 1. The summed E-state index contributed by atoms with van der Waals surface area (Å²) in [6, 6.07) is 3.60. The van der Waals surface area contributed by atoms with Crippen molar-refractivity contribution in [3.05, 3.63) is 36.3 Å². The van der Waals surface area contributed by atoms with Crippen LogP contribution in [0.15, 0.2) is 35.7 Å². The van der Waals surface area contributed by atoms with Crippen LogP contribution in [0.25, 0.3) is 5.57 Å². The Hall–Kier alpha value is -1.95. The van der Waals surface area contributed by atoms with E-state index in [2.05, 4.69) is 9.98 Å². The zero-order valence-electron chi connectivity index (χ0n) is 8.29. The van der Waals surface area contributed by atoms with Crippen molar-refractivity contribution in [1.82, 2.24) is 4.98 Å². The minimum absolute atomic E-state index is 0.0612. The lowest BCUT2D eigenvalue weighted by atomic mass is 10.0. The van der Waals surface area contributed by atoms with Gasteiger partial charge in [0.25, 0.3) is 0 Å². The highest BCUT2D eigenvalue weighted by Gasteiger charge is 2.15. The van der Waals surface area contributed by atoms with Crippen molar-refractivity contribution >= 4 is 26.6 Å². The van der Waals surface area contributed by atoms with Crippen LogP contribution in [0.2, 0.25) is 0 Å². The van der Waals surface area contributed by atoms with Crippen LogP contribution in [-0.2, 0) is 10.3 Å². The van der Waals surface area contributed by atoms with Gasteiger partial charge in [-0.3, -0.25) is 4.98 Å². The molecular weight excluding hydrogens is 226 g/mol. The maximum absolute atomic E-state index is 10.9. The van der Waals surface area contributed by atoms with Gasteiger partial charge < -0.3 is 5.73 Å². The molecule has 2 N–H and O–H groups in total. The highest BCUT2D eigenvalue weighted by Crippen LogP contribution is 2.20. The zero-order valence-corrected chi connectivity index (χ0v) is 9.11. The largest absolute Gasteiger partial charge is 0.383 e. The third kappa shape index (κ3) is 2.01. The molecular formula is C10H9N3O2S. The van der Waals surface area contributed by atoms with Crippen molar-refractivity contribution in [2.45, 2.75) is 6.42 Å². The lowest BCUT2D eigenvalue weighted by Gasteiger charge is -2.11. The summed E-state index contributed by atoms with van der Waals surface area (Å²) < 4.78 is 21.8. The first kappa shape index (κ1) is 10.6. The SMILES string of the molecule is NC1=NC=C(c2ccncc2)CC1=S(=O)=O. The predicted octanol–water partition coefficient (Wildman–Crippen LogP) is 0.235. The zero-order chi connectivity index (χ0) is 11.5. The van der Waals surface area contributed by atoms with E-state index in [9.17, 15) is 8.42 Å². The molecule has 2 heterocycles. The van der Waals surface area contributed by atoms with Gasteiger partial charge in [-0.1, -0.05) is 0 Å². The van der Waals surface area contributed by atoms with E-state index < -0.39 is 10.3 Å². The van der Waals surface area contributed by atoms with Crippen molar-refractivity contribution in [3.8, 4) is 0 Å². The first-order chi connectivity index (χ1) is 7.68. The summed E-state index contributed by atoms with van der Waals surface area (Å²) in [5.74, 6) is 0.0612. The van der Waals surface area contributed by atoms with Gasteiger partial charge in [-0.25, -0.2) is 4.99 Å². The Labute approximate surface area is 93.9 Å². The quantitative estimate of drug-likeness (QED) is 0.706. The van der Waals surface area contributed by atoms with E-state index in [4.69, 9.17) is 5.73 Å². The first-order valence-electron chi connectivity index (χ1n) is 4.56. The third-order valence-corrected chi connectivity index (χ3v) is 3.00. The van der Waals surface area contributed by atoms with Crippen molar-refractivity contribution in [2.24, 2.45) is 10.7 Å². The highest BCUT2D eigenvalue weighted by molar-refractivity contribution is 7.74. The molecule has 0 saturated carbocycles. The Bertz CT molecular complexity index is 592. The Morgan fingerprint density at radius 3 is 2.56 bits per heavy atom. The maximum atomic E-state index is 10.9. The van der Waals surface area contributed by atoms with Crippen LogP contribution in [-0.4, -0.2) is 24.1 Å². The minimum Gasteiger partial charge on any atom is -0.383 e. The number of hydrogen-bond donors (Lipinski definition) is 1. The topological polar surface area (TPSA) is 85.4 Å². The summed E-state index contributed by atoms with van der Waals surface area (Å²) in [6.07, 6.45) is 5.15. The summed E-state index contributed by atoms with van der Waals surface area (Å²) in [5, 5.41) is 0. The molecule has 6 heteroatoms. The van der Waals surface area contributed by atoms with Gasteiger partial charge in [-0.15, -0.1) is 0 Å². The second-order valence-electron chi connectivity index (χ2n) is 3.24. The van der Waals surface area contributed by atoms with Crippen molar-refractivity contribution < 1.29 is 8.42 Å². The van der Waals surface area contributed by atoms with Gasteiger partial charge >= 0.3 is 0 Å². The fourth-order valence-electron chi connectivity index (χ4n) is 1.42. The standard InChI is InChI=1S/C10H9N3O2S/c11-10-9(16(14)15)5-8(6-13-10)7-1-3-12-4-2-7/h1-4,6H,5H2,(H2,11,13). The average Bonchev–Trinajstić information content (AvgIpc) is 2.30. The molecule has 1 aliphatic heterocycles. The highest BCUT2D eigenvalue weighted by atomic mass is 32.2. The number of aromatic nitrogens is 1. The van der Waals surface area contributed by atoms with Gasteiger partial charge in [-0.05, 0) is 23.3 Å².